The minimum absolute atomic E-state index is 0.179. The SMILES string of the molecule is CN1C(=O)c2ccc[n+]([O-])c2Cc2ncccc21. The highest BCUT2D eigenvalue weighted by atomic mass is 16.5. The maximum absolute atomic E-state index is 12.3. The molecule has 0 atom stereocenters. The van der Waals surface area contributed by atoms with Gasteiger partial charge in [-0.05, 0) is 18.2 Å². The Morgan fingerprint density at radius 2 is 2.22 bits per heavy atom. The molecule has 18 heavy (non-hydrogen) atoms. The van der Waals surface area contributed by atoms with Gasteiger partial charge in [-0.25, -0.2) is 0 Å². The second-order valence-electron chi connectivity index (χ2n) is 4.20. The zero-order valence-electron chi connectivity index (χ0n) is 9.83. The molecule has 0 N–H and O–H groups in total. The van der Waals surface area contributed by atoms with E-state index in [0.29, 0.717) is 17.7 Å². The van der Waals surface area contributed by atoms with Crippen LogP contribution in [0.5, 0.6) is 0 Å². The average molecular weight is 241 g/mol. The van der Waals surface area contributed by atoms with Gasteiger partial charge < -0.3 is 10.1 Å². The molecule has 1 aliphatic rings. The van der Waals surface area contributed by atoms with Gasteiger partial charge in [0.05, 0.1) is 17.8 Å². The number of hydrogen-bond donors (Lipinski definition) is 0. The van der Waals surface area contributed by atoms with E-state index in [1.807, 2.05) is 6.07 Å². The number of nitrogens with zero attached hydrogens (tertiary/aromatic N) is 3. The lowest BCUT2D eigenvalue weighted by Crippen LogP contribution is -2.35. The number of amides is 1. The van der Waals surface area contributed by atoms with Gasteiger partial charge in [0.25, 0.3) is 5.91 Å². The fraction of sp³-hybridized carbons (Fsp3) is 0.154. The van der Waals surface area contributed by atoms with Gasteiger partial charge in [0.15, 0.2) is 6.20 Å². The summed E-state index contributed by atoms with van der Waals surface area (Å²) in [6.45, 7) is 0. The predicted octanol–water partition coefficient (Wildman–Crippen LogP) is 0.896. The van der Waals surface area contributed by atoms with Crippen LogP contribution >= 0.6 is 0 Å². The summed E-state index contributed by atoms with van der Waals surface area (Å²) >= 11 is 0. The number of carbonyl (C=O) groups is 1. The second-order valence-corrected chi connectivity index (χ2v) is 4.20. The molecule has 0 aliphatic carbocycles. The van der Waals surface area contributed by atoms with Crippen molar-refractivity contribution in [3.05, 3.63) is 58.8 Å². The molecule has 0 radical (unpaired) electrons. The van der Waals surface area contributed by atoms with Crippen molar-refractivity contribution in [3.8, 4) is 0 Å². The van der Waals surface area contributed by atoms with Crippen LogP contribution in [-0.4, -0.2) is 17.9 Å². The van der Waals surface area contributed by atoms with E-state index in [-0.39, 0.29) is 5.91 Å². The van der Waals surface area contributed by atoms with Crippen LogP contribution in [0.4, 0.5) is 5.69 Å². The van der Waals surface area contributed by atoms with Crippen LogP contribution in [0.1, 0.15) is 21.7 Å². The highest BCUT2D eigenvalue weighted by Crippen LogP contribution is 2.26. The monoisotopic (exact) mass is 241 g/mol. The third kappa shape index (κ3) is 1.44. The second kappa shape index (κ2) is 3.80. The van der Waals surface area contributed by atoms with Crippen molar-refractivity contribution in [1.82, 2.24) is 4.98 Å². The first kappa shape index (κ1) is 10.7. The maximum atomic E-state index is 12.3. The number of hydrogen-bond acceptors (Lipinski definition) is 3. The largest absolute Gasteiger partial charge is 0.618 e. The summed E-state index contributed by atoms with van der Waals surface area (Å²) in [5, 5.41) is 11.8. The standard InChI is InChI=1S/C13H11N3O2/c1-15-11-5-2-6-14-10(11)8-12-9(13(15)17)4-3-7-16(12)18/h2-7H,8H2,1H3. The van der Waals surface area contributed by atoms with E-state index in [9.17, 15) is 10.0 Å². The van der Waals surface area contributed by atoms with Crippen molar-refractivity contribution >= 4 is 11.6 Å². The summed E-state index contributed by atoms with van der Waals surface area (Å²) in [7, 11) is 1.69. The van der Waals surface area contributed by atoms with Crippen molar-refractivity contribution in [1.29, 1.82) is 0 Å². The van der Waals surface area contributed by atoms with Crippen molar-refractivity contribution in [3.63, 3.8) is 0 Å². The third-order valence-corrected chi connectivity index (χ3v) is 3.16. The Kier molecular flexibility index (Phi) is 2.26. The highest BCUT2D eigenvalue weighted by molar-refractivity contribution is 6.07. The summed E-state index contributed by atoms with van der Waals surface area (Å²) < 4.78 is 0.741. The van der Waals surface area contributed by atoms with Gasteiger partial charge >= 0.3 is 0 Å². The van der Waals surface area contributed by atoms with Crippen molar-refractivity contribution in [2.24, 2.45) is 0 Å². The molecule has 2 aromatic heterocycles. The summed E-state index contributed by atoms with van der Waals surface area (Å²) in [6, 6.07) is 6.88. The molecule has 5 heteroatoms. The van der Waals surface area contributed by atoms with Crippen LogP contribution in [-0.2, 0) is 6.42 Å². The van der Waals surface area contributed by atoms with Crippen LogP contribution in [0.2, 0.25) is 0 Å². The normalized spacial score (nSPS) is 13.8. The van der Waals surface area contributed by atoms with Crippen molar-refractivity contribution < 1.29 is 9.52 Å². The first-order valence-electron chi connectivity index (χ1n) is 5.61. The van der Waals surface area contributed by atoms with Gasteiger partial charge in [-0.1, -0.05) is 0 Å². The predicted molar refractivity (Wildman–Crippen MR) is 65.2 cm³/mol. The van der Waals surface area contributed by atoms with Gasteiger partial charge in [0, 0.05) is 19.3 Å². The molecule has 0 saturated heterocycles. The molecule has 3 heterocycles. The Labute approximate surface area is 104 Å². The summed E-state index contributed by atoms with van der Waals surface area (Å²) in [5.41, 5.74) is 2.38. The van der Waals surface area contributed by atoms with Crippen molar-refractivity contribution in [2.45, 2.75) is 6.42 Å². The maximum Gasteiger partial charge on any atom is 0.264 e. The minimum Gasteiger partial charge on any atom is -0.618 e. The molecular weight excluding hydrogens is 230 g/mol. The van der Waals surface area contributed by atoms with Crippen LogP contribution in [0.3, 0.4) is 0 Å². The van der Waals surface area contributed by atoms with Gasteiger partial charge in [0.2, 0.25) is 5.69 Å². The first-order valence-corrected chi connectivity index (χ1v) is 5.61. The molecule has 90 valence electrons. The molecule has 5 nitrogen and oxygen atoms in total. The van der Waals surface area contributed by atoms with E-state index in [1.54, 1.807) is 31.4 Å². The van der Waals surface area contributed by atoms with Gasteiger partial charge in [-0.2, -0.15) is 4.73 Å². The highest BCUT2D eigenvalue weighted by Gasteiger charge is 2.29. The quantitative estimate of drug-likeness (QED) is 0.508. The zero-order valence-corrected chi connectivity index (χ0v) is 9.83. The van der Waals surface area contributed by atoms with Crippen LogP contribution in [0.25, 0.3) is 0 Å². The van der Waals surface area contributed by atoms with E-state index >= 15 is 0 Å². The third-order valence-electron chi connectivity index (χ3n) is 3.16. The smallest absolute Gasteiger partial charge is 0.264 e. The Bertz CT molecular complexity index is 640. The summed E-state index contributed by atoms with van der Waals surface area (Å²) in [6.07, 6.45) is 3.44. The summed E-state index contributed by atoms with van der Waals surface area (Å²) in [5.74, 6) is -0.179. The number of aromatic nitrogens is 2. The Hall–Kier alpha value is -2.43. The van der Waals surface area contributed by atoms with Crippen molar-refractivity contribution in [2.75, 3.05) is 11.9 Å². The van der Waals surface area contributed by atoms with Gasteiger partial charge in [0.1, 0.15) is 5.56 Å². The lowest BCUT2D eigenvalue weighted by molar-refractivity contribution is -0.613. The molecule has 0 saturated carbocycles. The Morgan fingerprint density at radius 1 is 1.39 bits per heavy atom. The molecule has 2 aromatic rings. The van der Waals surface area contributed by atoms with Crippen LogP contribution in [0.15, 0.2) is 36.7 Å². The minimum atomic E-state index is -0.179. The zero-order chi connectivity index (χ0) is 12.7. The average Bonchev–Trinajstić information content (AvgIpc) is 2.49. The molecule has 0 bridgehead atoms. The van der Waals surface area contributed by atoms with E-state index in [1.165, 1.54) is 11.1 Å². The lowest BCUT2D eigenvalue weighted by atomic mass is 10.1. The topological polar surface area (TPSA) is 60.1 Å². The molecule has 1 aliphatic heterocycles. The fourth-order valence-corrected chi connectivity index (χ4v) is 2.21. The number of pyridine rings is 2. The number of carbonyl (C=O) groups excluding carboxylic acids is 1. The molecule has 0 unspecified atom stereocenters. The van der Waals surface area contributed by atoms with Crippen LogP contribution in [0, 0.1) is 5.21 Å². The number of fused-ring (bicyclic) bond motifs is 2. The number of anilines is 1. The Morgan fingerprint density at radius 3 is 3.06 bits per heavy atom. The van der Waals surface area contributed by atoms with Gasteiger partial charge in [-0.15, -0.1) is 0 Å². The molecule has 0 spiro atoms. The lowest BCUT2D eigenvalue weighted by Gasteiger charge is -2.16. The molecule has 1 amide bonds. The fourth-order valence-electron chi connectivity index (χ4n) is 2.21. The first-order chi connectivity index (χ1) is 8.68. The molecular formula is C13H11N3O2. The van der Waals surface area contributed by atoms with E-state index in [0.717, 1.165) is 16.1 Å². The number of rotatable bonds is 0. The summed E-state index contributed by atoms with van der Waals surface area (Å²) in [4.78, 5) is 18.1. The van der Waals surface area contributed by atoms with E-state index < -0.39 is 0 Å². The van der Waals surface area contributed by atoms with Gasteiger partial charge in [-0.3, -0.25) is 9.78 Å². The molecule has 0 aromatic carbocycles. The van der Waals surface area contributed by atoms with E-state index in [4.69, 9.17) is 0 Å². The van der Waals surface area contributed by atoms with Crippen LogP contribution < -0.4 is 9.63 Å². The molecule has 0 fully saturated rings. The Balaban J connectivity index is 2.27. The molecule has 3 rings (SSSR count). The van der Waals surface area contributed by atoms with E-state index in [2.05, 4.69) is 4.98 Å².